The fourth-order valence-electron chi connectivity index (χ4n) is 1.86. The number of hydrogen-bond acceptors (Lipinski definition) is 4. The summed E-state index contributed by atoms with van der Waals surface area (Å²) in [5, 5.41) is 4.87. The van der Waals surface area contributed by atoms with E-state index in [9.17, 15) is 4.79 Å². The lowest BCUT2D eigenvalue weighted by Gasteiger charge is -2.17. The van der Waals surface area contributed by atoms with Crippen LogP contribution in [-0.2, 0) is 4.79 Å². The Morgan fingerprint density at radius 1 is 1.24 bits per heavy atom. The minimum Gasteiger partial charge on any atom is -0.353 e. The molecule has 0 fully saturated rings. The van der Waals surface area contributed by atoms with Crippen molar-refractivity contribution in [3.63, 3.8) is 0 Å². The van der Waals surface area contributed by atoms with E-state index in [0.29, 0.717) is 11.7 Å². The molecule has 21 heavy (non-hydrogen) atoms. The molecule has 1 atom stereocenters. The molecule has 1 N–H and O–H groups in total. The molecule has 0 radical (unpaired) electrons. The van der Waals surface area contributed by atoms with Gasteiger partial charge in [0.25, 0.3) is 0 Å². The van der Waals surface area contributed by atoms with Crippen molar-refractivity contribution in [2.45, 2.75) is 38.8 Å². The van der Waals surface area contributed by atoms with E-state index < -0.39 is 0 Å². The van der Waals surface area contributed by atoms with Crippen molar-refractivity contribution >= 4 is 28.6 Å². The molecule has 0 aliphatic rings. The summed E-state index contributed by atoms with van der Waals surface area (Å²) in [5.74, 6) is 1.58. The molecule has 4 nitrogen and oxygen atoms in total. The zero-order chi connectivity index (χ0) is 15.4. The number of aromatic nitrogens is 2. The maximum atomic E-state index is 12.0. The SMILES string of the molecule is Cc1nc(SCC(=O)N[C@H](C)C(C)C)c2ccccc2n1. The molecule has 0 spiro atoms. The molecule has 0 aliphatic heterocycles. The van der Waals surface area contributed by atoms with Gasteiger partial charge in [0.05, 0.1) is 11.3 Å². The first-order valence-electron chi connectivity index (χ1n) is 7.13. The molecule has 0 unspecified atom stereocenters. The van der Waals surface area contributed by atoms with Crippen molar-refractivity contribution in [2.24, 2.45) is 5.92 Å². The number of benzene rings is 1. The summed E-state index contributed by atoms with van der Waals surface area (Å²) in [6.45, 7) is 8.09. The van der Waals surface area contributed by atoms with Crippen molar-refractivity contribution in [3.8, 4) is 0 Å². The molecule has 1 amide bonds. The van der Waals surface area contributed by atoms with Crippen LogP contribution in [0.5, 0.6) is 0 Å². The minimum absolute atomic E-state index is 0.0431. The molecular weight excluding hydrogens is 282 g/mol. The predicted molar refractivity (Wildman–Crippen MR) is 87.4 cm³/mol. The van der Waals surface area contributed by atoms with Gasteiger partial charge < -0.3 is 5.32 Å². The Kier molecular flexibility index (Phi) is 5.17. The van der Waals surface area contributed by atoms with E-state index >= 15 is 0 Å². The molecule has 0 aliphatic carbocycles. The highest BCUT2D eigenvalue weighted by molar-refractivity contribution is 8.00. The maximum absolute atomic E-state index is 12.0. The lowest BCUT2D eigenvalue weighted by molar-refractivity contribution is -0.119. The summed E-state index contributed by atoms with van der Waals surface area (Å²) in [6, 6.07) is 8.06. The van der Waals surface area contributed by atoms with Crippen LogP contribution < -0.4 is 5.32 Å². The Balaban J connectivity index is 2.08. The number of thioether (sulfide) groups is 1. The Morgan fingerprint density at radius 3 is 2.67 bits per heavy atom. The quantitative estimate of drug-likeness (QED) is 0.681. The van der Waals surface area contributed by atoms with Gasteiger partial charge in [0, 0.05) is 11.4 Å². The Labute approximate surface area is 129 Å². The van der Waals surface area contributed by atoms with Crippen LogP contribution in [0.25, 0.3) is 10.9 Å². The maximum Gasteiger partial charge on any atom is 0.230 e. The summed E-state index contributed by atoms with van der Waals surface area (Å²) >= 11 is 1.46. The summed E-state index contributed by atoms with van der Waals surface area (Å²) in [4.78, 5) is 20.8. The number of amides is 1. The third-order valence-electron chi connectivity index (χ3n) is 3.41. The minimum atomic E-state index is 0.0431. The van der Waals surface area contributed by atoms with Gasteiger partial charge in [-0.25, -0.2) is 9.97 Å². The molecule has 1 aromatic heterocycles. The number of aryl methyl sites for hydroxylation is 1. The second kappa shape index (κ2) is 6.89. The highest BCUT2D eigenvalue weighted by atomic mass is 32.2. The van der Waals surface area contributed by atoms with E-state index in [1.54, 1.807) is 0 Å². The largest absolute Gasteiger partial charge is 0.353 e. The third kappa shape index (κ3) is 4.17. The number of carbonyl (C=O) groups is 1. The van der Waals surface area contributed by atoms with E-state index in [0.717, 1.165) is 21.8 Å². The van der Waals surface area contributed by atoms with Gasteiger partial charge in [-0.3, -0.25) is 4.79 Å². The van der Waals surface area contributed by atoms with Crippen molar-refractivity contribution in [3.05, 3.63) is 30.1 Å². The molecule has 0 bridgehead atoms. The zero-order valence-corrected chi connectivity index (χ0v) is 13.7. The molecule has 1 aromatic carbocycles. The molecular formula is C16H21N3OS. The van der Waals surface area contributed by atoms with E-state index in [1.165, 1.54) is 11.8 Å². The monoisotopic (exact) mass is 303 g/mol. The number of carbonyl (C=O) groups excluding carboxylic acids is 1. The fourth-order valence-corrected chi connectivity index (χ4v) is 2.74. The summed E-state index contributed by atoms with van der Waals surface area (Å²) in [6.07, 6.45) is 0. The molecule has 0 saturated carbocycles. The van der Waals surface area contributed by atoms with Gasteiger partial charge in [-0.05, 0) is 25.8 Å². The van der Waals surface area contributed by atoms with E-state index in [4.69, 9.17) is 0 Å². The second-order valence-electron chi connectivity index (χ2n) is 5.48. The topological polar surface area (TPSA) is 54.9 Å². The Hall–Kier alpha value is -1.62. The average Bonchev–Trinajstić information content (AvgIpc) is 2.44. The number of nitrogens with one attached hydrogen (secondary N) is 1. The van der Waals surface area contributed by atoms with Crippen molar-refractivity contribution < 1.29 is 4.79 Å². The van der Waals surface area contributed by atoms with E-state index in [2.05, 4.69) is 29.1 Å². The fraction of sp³-hybridized carbons (Fsp3) is 0.438. The predicted octanol–water partition coefficient (Wildman–Crippen LogP) is 3.19. The lowest BCUT2D eigenvalue weighted by Crippen LogP contribution is -2.37. The summed E-state index contributed by atoms with van der Waals surface area (Å²) < 4.78 is 0. The van der Waals surface area contributed by atoms with Crippen LogP contribution in [0.2, 0.25) is 0 Å². The van der Waals surface area contributed by atoms with Gasteiger partial charge in [-0.2, -0.15) is 0 Å². The van der Waals surface area contributed by atoms with Crippen molar-refractivity contribution in [1.29, 1.82) is 0 Å². The van der Waals surface area contributed by atoms with Crippen LogP contribution in [0, 0.1) is 12.8 Å². The van der Waals surface area contributed by atoms with Crippen LogP contribution in [0.15, 0.2) is 29.3 Å². The van der Waals surface area contributed by atoms with Crippen LogP contribution in [0.1, 0.15) is 26.6 Å². The molecule has 2 aromatic rings. The highest BCUT2D eigenvalue weighted by Crippen LogP contribution is 2.24. The third-order valence-corrected chi connectivity index (χ3v) is 4.40. The lowest BCUT2D eigenvalue weighted by atomic mass is 10.1. The van der Waals surface area contributed by atoms with Crippen LogP contribution >= 0.6 is 11.8 Å². The van der Waals surface area contributed by atoms with Gasteiger partial charge in [-0.1, -0.05) is 43.8 Å². The van der Waals surface area contributed by atoms with Gasteiger partial charge >= 0.3 is 0 Å². The molecule has 0 saturated heterocycles. The first-order valence-corrected chi connectivity index (χ1v) is 8.11. The summed E-state index contributed by atoms with van der Waals surface area (Å²) in [5.41, 5.74) is 0.920. The van der Waals surface area contributed by atoms with Crippen LogP contribution in [-0.4, -0.2) is 27.7 Å². The van der Waals surface area contributed by atoms with Crippen LogP contribution in [0.4, 0.5) is 0 Å². The van der Waals surface area contributed by atoms with Gasteiger partial charge in [0.1, 0.15) is 10.9 Å². The number of rotatable bonds is 5. The number of nitrogens with zero attached hydrogens (tertiary/aromatic N) is 2. The van der Waals surface area contributed by atoms with Crippen LogP contribution in [0.3, 0.4) is 0 Å². The van der Waals surface area contributed by atoms with Gasteiger partial charge in [-0.15, -0.1) is 0 Å². The first-order chi connectivity index (χ1) is 9.97. The molecule has 1 heterocycles. The average molecular weight is 303 g/mol. The van der Waals surface area contributed by atoms with E-state index in [-0.39, 0.29) is 11.9 Å². The zero-order valence-electron chi connectivity index (χ0n) is 12.9. The number of hydrogen-bond donors (Lipinski definition) is 1. The smallest absolute Gasteiger partial charge is 0.230 e. The van der Waals surface area contributed by atoms with Gasteiger partial charge in [0.2, 0.25) is 5.91 Å². The number of fused-ring (bicyclic) bond motifs is 1. The van der Waals surface area contributed by atoms with Gasteiger partial charge in [0.15, 0.2) is 0 Å². The molecule has 5 heteroatoms. The standard InChI is InChI=1S/C16H21N3OS/c1-10(2)11(3)17-15(20)9-21-16-13-7-5-6-8-14(13)18-12(4)19-16/h5-8,10-11H,9H2,1-4H3,(H,17,20)/t11-/m1/s1. The normalized spacial score (nSPS) is 12.6. The first kappa shape index (κ1) is 15.8. The Bertz CT molecular complexity index is 642. The molecule has 112 valence electrons. The number of para-hydroxylation sites is 1. The van der Waals surface area contributed by atoms with Crippen molar-refractivity contribution in [1.82, 2.24) is 15.3 Å². The highest BCUT2D eigenvalue weighted by Gasteiger charge is 2.12. The van der Waals surface area contributed by atoms with E-state index in [1.807, 2.05) is 38.1 Å². The van der Waals surface area contributed by atoms with Crippen molar-refractivity contribution in [2.75, 3.05) is 5.75 Å². The molecule has 2 rings (SSSR count). The summed E-state index contributed by atoms with van der Waals surface area (Å²) in [7, 11) is 0. The Morgan fingerprint density at radius 2 is 1.95 bits per heavy atom. The second-order valence-corrected chi connectivity index (χ2v) is 6.45.